The first-order valence-corrected chi connectivity index (χ1v) is 5.08. The molecule has 1 aliphatic carbocycles. The molecule has 78 valence electrons. The fraction of sp³-hybridized carbons (Fsp3) is 0.417. The van der Waals surface area contributed by atoms with E-state index in [0.29, 0.717) is 23.8 Å². The van der Waals surface area contributed by atoms with E-state index < -0.39 is 0 Å². The van der Waals surface area contributed by atoms with Crippen LogP contribution in [-0.2, 0) is 6.42 Å². The van der Waals surface area contributed by atoms with E-state index >= 15 is 0 Å². The fourth-order valence-corrected chi connectivity index (χ4v) is 1.40. The molecule has 0 aromatic heterocycles. The zero-order chi connectivity index (χ0) is 10.7. The van der Waals surface area contributed by atoms with Crippen LogP contribution in [0.25, 0.3) is 0 Å². The summed E-state index contributed by atoms with van der Waals surface area (Å²) in [5, 5.41) is 8.60. The number of nitrogens with zero attached hydrogens (tertiary/aromatic N) is 1. The minimum Gasteiger partial charge on any atom is -0.493 e. The molecule has 0 unspecified atom stereocenters. The van der Waals surface area contributed by atoms with Crippen LogP contribution < -0.4 is 4.74 Å². The zero-order valence-corrected chi connectivity index (χ0v) is 8.37. The predicted octanol–water partition coefficient (Wildman–Crippen LogP) is 2.68. The van der Waals surface area contributed by atoms with Crippen LogP contribution in [0.2, 0.25) is 0 Å². The highest BCUT2D eigenvalue weighted by Gasteiger charge is 2.22. The van der Waals surface area contributed by atoms with Crippen LogP contribution in [0, 0.1) is 23.1 Å². The molecule has 0 aliphatic heterocycles. The lowest BCUT2D eigenvalue weighted by Crippen LogP contribution is -2.01. The highest BCUT2D eigenvalue weighted by molar-refractivity contribution is 5.35. The standard InChI is InChI=1S/C12H12FNO/c13-11-3-4-12(10(7-11)5-6-14)15-8-9-1-2-9/h3-4,7,9H,1-2,5,8H2. The van der Waals surface area contributed by atoms with E-state index in [0.717, 1.165) is 0 Å². The maximum absolute atomic E-state index is 12.9. The van der Waals surface area contributed by atoms with Crippen molar-refractivity contribution in [2.45, 2.75) is 19.3 Å². The first-order chi connectivity index (χ1) is 7.29. The summed E-state index contributed by atoms with van der Waals surface area (Å²) in [6.45, 7) is 0.685. The molecule has 1 aromatic carbocycles. The minimum absolute atomic E-state index is 0.192. The van der Waals surface area contributed by atoms with Gasteiger partial charge in [-0.1, -0.05) is 0 Å². The van der Waals surface area contributed by atoms with Gasteiger partial charge in [-0.3, -0.25) is 0 Å². The maximum Gasteiger partial charge on any atom is 0.123 e. The van der Waals surface area contributed by atoms with Gasteiger partial charge in [-0.05, 0) is 37.0 Å². The Labute approximate surface area is 88.3 Å². The van der Waals surface area contributed by atoms with Gasteiger partial charge in [0.05, 0.1) is 19.1 Å². The summed E-state index contributed by atoms with van der Waals surface area (Å²) in [6, 6.07) is 6.34. The van der Waals surface area contributed by atoms with Crippen LogP contribution in [0.3, 0.4) is 0 Å². The smallest absolute Gasteiger partial charge is 0.123 e. The number of hydrogen-bond donors (Lipinski definition) is 0. The van der Waals surface area contributed by atoms with Crippen LogP contribution in [0.15, 0.2) is 18.2 Å². The summed E-state index contributed by atoms with van der Waals surface area (Å²) < 4.78 is 18.5. The van der Waals surface area contributed by atoms with Gasteiger partial charge in [0.1, 0.15) is 11.6 Å². The third kappa shape index (κ3) is 2.69. The summed E-state index contributed by atoms with van der Waals surface area (Å²) in [7, 11) is 0. The zero-order valence-electron chi connectivity index (χ0n) is 8.37. The van der Waals surface area contributed by atoms with Crippen LogP contribution >= 0.6 is 0 Å². The normalized spacial score (nSPS) is 14.7. The van der Waals surface area contributed by atoms with Gasteiger partial charge >= 0.3 is 0 Å². The number of benzene rings is 1. The van der Waals surface area contributed by atoms with Gasteiger partial charge in [0, 0.05) is 5.56 Å². The van der Waals surface area contributed by atoms with E-state index in [9.17, 15) is 4.39 Å². The van der Waals surface area contributed by atoms with Crippen molar-refractivity contribution < 1.29 is 9.13 Å². The molecule has 0 amide bonds. The quantitative estimate of drug-likeness (QED) is 0.757. The second-order valence-corrected chi connectivity index (χ2v) is 3.84. The van der Waals surface area contributed by atoms with Crippen molar-refractivity contribution >= 4 is 0 Å². The van der Waals surface area contributed by atoms with Gasteiger partial charge in [0.15, 0.2) is 0 Å². The minimum atomic E-state index is -0.320. The molecule has 1 aliphatic rings. The third-order valence-corrected chi connectivity index (χ3v) is 2.46. The van der Waals surface area contributed by atoms with E-state index in [1.807, 2.05) is 6.07 Å². The van der Waals surface area contributed by atoms with Crippen molar-refractivity contribution in [1.29, 1.82) is 5.26 Å². The van der Waals surface area contributed by atoms with Crippen LogP contribution in [-0.4, -0.2) is 6.61 Å². The lowest BCUT2D eigenvalue weighted by molar-refractivity contribution is 0.297. The summed E-state index contributed by atoms with van der Waals surface area (Å²) >= 11 is 0. The molecule has 1 fully saturated rings. The van der Waals surface area contributed by atoms with Gasteiger partial charge in [-0.25, -0.2) is 4.39 Å². The molecule has 0 radical (unpaired) electrons. The number of rotatable bonds is 4. The summed E-state index contributed by atoms with van der Waals surface area (Å²) in [5.74, 6) is 0.980. The molecule has 1 aromatic rings. The Morgan fingerprint density at radius 1 is 1.47 bits per heavy atom. The number of hydrogen-bond acceptors (Lipinski definition) is 2. The van der Waals surface area contributed by atoms with Gasteiger partial charge in [-0.2, -0.15) is 5.26 Å². The Hall–Kier alpha value is -1.56. The van der Waals surface area contributed by atoms with Crippen molar-refractivity contribution in [2.75, 3.05) is 6.61 Å². The lowest BCUT2D eigenvalue weighted by atomic mass is 10.1. The molecule has 15 heavy (non-hydrogen) atoms. The topological polar surface area (TPSA) is 33.0 Å². The van der Waals surface area contributed by atoms with Crippen molar-refractivity contribution in [3.8, 4) is 11.8 Å². The average molecular weight is 205 g/mol. The molecule has 0 heterocycles. The molecular weight excluding hydrogens is 193 g/mol. The molecule has 0 N–H and O–H groups in total. The van der Waals surface area contributed by atoms with Crippen molar-refractivity contribution in [3.05, 3.63) is 29.6 Å². The van der Waals surface area contributed by atoms with Gasteiger partial charge in [0.25, 0.3) is 0 Å². The van der Waals surface area contributed by atoms with Crippen molar-refractivity contribution in [1.82, 2.24) is 0 Å². The first-order valence-electron chi connectivity index (χ1n) is 5.08. The Morgan fingerprint density at radius 2 is 2.27 bits per heavy atom. The summed E-state index contributed by atoms with van der Waals surface area (Å²) in [4.78, 5) is 0. The lowest BCUT2D eigenvalue weighted by Gasteiger charge is -2.08. The summed E-state index contributed by atoms with van der Waals surface area (Å²) in [5.41, 5.74) is 0.637. The summed E-state index contributed by atoms with van der Waals surface area (Å²) in [6.07, 6.45) is 2.63. The molecule has 0 atom stereocenters. The molecule has 0 bridgehead atoms. The van der Waals surface area contributed by atoms with Crippen LogP contribution in [0.4, 0.5) is 4.39 Å². The fourth-order valence-electron chi connectivity index (χ4n) is 1.40. The van der Waals surface area contributed by atoms with Gasteiger partial charge in [-0.15, -0.1) is 0 Å². The molecule has 2 rings (SSSR count). The average Bonchev–Trinajstić information content (AvgIpc) is 3.01. The SMILES string of the molecule is N#CCc1cc(F)ccc1OCC1CC1. The molecular formula is C12H12FNO. The van der Waals surface area contributed by atoms with Gasteiger partial charge < -0.3 is 4.74 Å². The maximum atomic E-state index is 12.9. The van der Waals surface area contributed by atoms with E-state index in [4.69, 9.17) is 10.00 Å². The Bertz CT molecular complexity index is 393. The molecule has 3 heteroatoms. The predicted molar refractivity (Wildman–Crippen MR) is 53.9 cm³/mol. The number of halogens is 1. The van der Waals surface area contributed by atoms with Crippen molar-refractivity contribution in [2.24, 2.45) is 5.92 Å². The Kier molecular flexibility index (Phi) is 2.86. The van der Waals surface area contributed by atoms with Crippen LogP contribution in [0.5, 0.6) is 5.75 Å². The monoisotopic (exact) mass is 205 g/mol. The molecule has 1 saturated carbocycles. The third-order valence-electron chi connectivity index (χ3n) is 2.46. The Balaban J connectivity index is 2.09. The van der Waals surface area contributed by atoms with Crippen LogP contribution in [0.1, 0.15) is 18.4 Å². The van der Waals surface area contributed by atoms with E-state index in [2.05, 4.69) is 0 Å². The molecule has 0 saturated heterocycles. The highest BCUT2D eigenvalue weighted by atomic mass is 19.1. The van der Waals surface area contributed by atoms with E-state index in [-0.39, 0.29) is 12.2 Å². The van der Waals surface area contributed by atoms with Crippen molar-refractivity contribution in [3.63, 3.8) is 0 Å². The number of nitriles is 1. The van der Waals surface area contributed by atoms with E-state index in [1.165, 1.54) is 25.0 Å². The second-order valence-electron chi connectivity index (χ2n) is 3.84. The Morgan fingerprint density at radius 3 is 2.93 bits per heavy atom. The second kappa shape index (κ2) is 4.31. The molecule has 2 nitrogen and oxygen atoms in total. The highest BCUT2D eigenvalue weighted by Crippen LogP contribution is 2.30. The number of ether oxygens (including phenoxy) is 1. The first kappa shape index (κ1) is 9.97. The largest absolute Gasteiger partial charge is 0.493 e. The van der Waals surface area contributed by atoms with E-state index in [1.54, 1.807) is 6.07 Å². The molecule has 0 spiro atoms. The van der Waals surface area contributed by atoms with Gasteiger partial charge in [0.2, 0.25) is 0 Å².